The Balaban J connectivity index is 1.89. The molecule has 2 unspecified atom stereocenters. The van der Waals surface area contributed by atoms with Crippen LogP contribution in [-0.4, -0.2) is 36.5 Å². The predicted molar refractivity (Wildman–Crippen MR) is 83.6 cm³/mol. The third-order valence-electron chi connectivity index (χ3n) is 4.84. The molecule has 0 aromatic heterocycles. The lowest BCUT2D eigenvalue weighted by atomic mass is 9.97. The van der Waals surface area contributed by atoms with Crippen LogP contribution in [0.5, 0.6) is 0 Å². The highest BCUT2D eigenvalue weighted by Crippen LogP contribution is 2.31. The van der Waals surface area contributed by atoms with E-state index in [2.05, 4.69) is 24.1 Å². The lowest BCUT2D eigenvalue weighted by Gasteiger charge is -2.29. The zero-order valence-electron chi connectivity index (χ0n) is 13.4. The molecule has 2 aliphatic rings. The largest absolute Gasteiger partial charge is 0.341 e. The van der Waals surface area contributed by atoms with E-state index in [1.54, 1.807) is 0 Å². The minimum absolute atomic E-state index is 0.259. The molecule has 3 nitrogen and oxygen atoms in total. The number of carbonyl (C=O) groups excluding carboxylic acids is 1. The van der Waals surface area contributed by atoms with Gasteiger partial charge in [0.05, 0.1) is 0 Å². The fraction of sp³-hybridized carbons (Fsp3) is 0.941. The maximum atomic E-state index is 12.8. The summed E-state index contributed by atoms with van der Waals surface area (Å²) in [7, 11) is 0. The van der Waals surface area contributed by atoms with Crippen molar-refractivity contribution in [3.05, 3.63) is 0 Å². The number of nitrogens with one attached hydrogen (secondary N) is 1. The Morgan fingerprint density at radius 1 is 1.25 bits per heavy atom. The molecule has 1 N–H and O–H groups in total. The molecule has 20 heavy (non-hydrogen) atoms. The van der Waals surface area contributed by atoms with Crippen molar-refractivity contribution in [2.75, 3.05) is 19.6 Å². The number of hydrogen-bond acceptors (Lipinski definition) is 2. The monoisotopic (exact) mass is 280 g/mol. The molecule has 1 saturated heterocycles. The molecule has 1 saturated carbocycles. The Bertz CT molecular complexity index is 295. The highest BCUT2D eigenvalue weighted by molar-refractivity contribution is 5.78. The van der Waals surface area contributed by atoms with Crippen LogP contribution in [-0.2, 0) is 4.79 Å². The zero-order valence-corrected chi connectivity index (χ0v) is 13.4. The Labute approximate surface area is 124 Å². The molecule has 0 aromatic rings. The minimum Gasteiger partial charge on any atom is -0.341 e. The van der Waals surface area contributed by atoms with Crippen molar-refractivity contribution in [1.29, 1.82) is 0 Å². The van der Waals surface area contributed by atoms with Crippen molar-refractivity contribution in [3.8, 4) is 0 Å². The molecule has 1 aliphatic heterocycles. The quantitative estimate of drug-likeness (QED) is 0.703. The third-order valence-corrected chi connectivity index (χ3v) is 4.84. The first-order chi connectivity index (χ1) is 9.74. The SMILES string of the molecule is CCCCC(CC)C(=O)N(CC1CC1)CC1CCCN1. The lowest BCUT2D eigenvalue weighted by Crippen LogP contribution is -2.44. The highest BCUT2D eigenvalue weighted by Gasteiger charge is 2.31. The molecule has 1 aliphatic carbocycles. The fourth-order valence-corrected chi connectivity index (χ4v) is 3.26. The van der Waals surface area contributed by atoms with Crippen LogP contribution in [0.2, 0.25) is 0 Å². The van der Waals surface area contributed by atoms with Gasteiger partial charge in [-0.2, -0.15) is 0 Å². The highest BCUT2D eigenvalue weighted by atomic mass is 16.2. The van der Waals surface area contributed by atoms with Crippen LogP contribution in [0.15, 0.2) is 0 Å². The maximum absolute atomic E-state index is 12.8. The van der Waals surface area contributed by atoms with Gasteiger partial charge in [0.2, 0.25) is 5.91 Å². The molecule has 2 atom stereocenters. The van der Waals surface area contributed by atoms with Crippen molar-refractivity contribution < 1.29 is 4.79 Å². The van der Waals surface area contributed by atoms with Gasteiger partial charge in [-0.15, -0.1) is 0 Å². The van der Waals surface area contributed by atoms with Gasteiger partial charge >= 0.3 is 0 Å². The standard InChI is InChI=1S/C17H32N2O/c1-3-5-7-15(4-2)17(20)19(12-14-9-10-14)13-16-8-6-11-18-16/h14-16,18H,3-13H2,1-2H3. The number of amides is 1. The Hall–Kier alpha value is -0.570. The first kappa shape index (κ1) is 15.8. The van der Waals surface area contributed by atoms with Crippen molar-refractivity contribution in [3.63, 3.8) is 0 Å². The summed E-state index contributed by atoms with van der Waals surface area (Å²) in [5.74, 6) is 1.49. The molecule has 0 radical (unpaired) electrons. The van der Waals surface area contributed by atoms with Crippen LogP contribution in [0.25, 0.3) is 0 Å². The van der Waals surface area contributed by atoms with E-state index in [0.29, 0.717) is 11.9 Å². The third kappa shape index (κ3) is 4.76. The second-order valence-corrected chi connectivity index (χ2v) is 6.73. The molecule has 0 bridgehead atoms. The molecular formula is C17H32N2O. The summed E-state index contributed by atoms with van der Waals surface area (Å²) in [6, 6.07) is 0.543. The first-order valence-corrected chi connectivity index (χ1v) is 8.76. The summed E-state index contributed by atoms with van der Waals surface area (Å²) >= 11 is 0. The summed E-state index contributed by atoms with van der Waals surface area (Å²) in [5.41, 5.74) is 0. The average molecular weight is 280 g/mol. The zero-order chi connectivity index (χ0) is 14.4. The second kappa shape index (κ2) is 8.02. The predicted octanol–water partition coefficient (Wildman–Crippen LogP) is 3.19. The summed E-state index contributed by atoms with van der Waals surface area (Å²) in [4.78, 5) is 15.0. The van der Waals surface area contributed by atoms with Crippen LogP contribution in [0.3, 0.4) is 0 Å². The lowest BCUT2D eigenvalue weighted by molar-refractivity contribution is -0.136. The smallest absolute Gasteiger partial charge is 0.225 e. The molecule has 3 heteroatoms. The molecular weight excluding hydrogens is 248 g/mol. The fourth-order valence-electron chi connectivity index (χ4n) is 3.26. The summed E-state index contributed by atoms with van der Waals surface area (Å²) in [6.07, 6.45) is 9.60. The van der Waals surface area contributed by atoms with E-state index in [-0.39, 0.29) is 5.92 Å². The summed E-state index contributed by atoms with van der Waals surface area (Å²) < 4.78 is 0. The maximum Gasteiger partial charge on any atom is 0.225 e. The van der Waals surface area contributed by atoms with Gasteiger partial charge in [-0.05, 0) is 51.0 Å². The molecule has 0 spiro atoms. The van der Waals surface area contributed by atoms with E-state index in [0.717, 1.165) is 38.4 Å². The van der Waals surface area contributed by atoms with E-state index in [4.69, 9.17) is 0 Å². The van der Waals surface area contributed by atoms with Gasteiger partial charge in [0, 0.05) is 25.0 Å². The van der Waals surface area contributed by atoms with Crippen LogP contribution in [0, 0.1) is 11.8 Å². The summed E-state index contributed by atoms with van der Waals surface area (Å²) in [5, 5.41) is 3.54. The van der Waals surface area contributed by atoms with E-state index in [1.165, 1.54) is 38.5 Å². The Morgan fingerprint density at radius 3 is 2.60 bits per heavy atom. The van der Waals surface area contributed by atoms with Crippen molar-refractivity contribution in [1.82, 2.24) is 10.2 Å². The van der Waals surface area contributed by atoms with Crippen LogP contribution in [0.4, 0.5) is 0 Å². The van der Waals surface area contributed by atoms with Gasteiger partial charge in [0.15, 0.2) is 0 Å². The molecule has 1 heterocycles. The van der Waals surface area contributed by atoms with Gasteiger partial charge in [-0.1, -0.05) is 26.7 Å². The number of carbonyl (C=O) groups is 1. The van der Waals surface area contributed by atoms with Crippen molar-refractivity contribution >= 4 is 5.91 Å². The Morgan fingerprint density at radius 2 is 2.05 bits per heavy atom. The topological polar surface area (TPSA) is 32.3 Å². The number of nitrogens with zero attached hydrogens (tertiary/aromatic N) is 1. The van der Waals surface area contributed by atoms with Crippen LogP contribution in [0.1, 0.15) is 65.2 Å². The normalized spacial score (nSPS) is 23.8. The molecule has 0 aromatic carbocycles. The molecule has 116 valence electrons. The van der Waals surface area contributed by atoms with Crippen molar-refractivity contribution in [2.24, 2.45) is 11.8 Å². The number of unbranched alkanes of at least 4 members (excludes halogenated alkanes) is 1. The van der Waals surface area contributed by atoms with E-state index in [1.807, 2.05) is 0 Å². The first-order valence-electron chi connectivity index (χ1n) is 8.76. The number of rotatable bonds is 9. The second-order valence-electron chi connectivity index (χ2n) is 6.73. The number of hydrogen-bond donors (Lipinski definition) is 1. The Kier molecular flexibility index (Phi) is 6.34. The van der Waals surface area contributed by atoms with Gasteiger partial charge in [0.1, 0.15) is 0 Å². The summed E-state index contributed by atoms with van der Waals surface area (Å²) in [6.45, 7) is 7.46. The van der Waals surface area contributed by atoms with Crippen LogP contribution >= 0.6 is 0 Å². The van der Waals surface area contributed by atoms with Gasteiger partial charge < -0.3 is 10.2 Å². The van der Waals surface area contributed by atoms with E-state index >= 15 is 0 Å². The minimum atomic E-state index is 0.259. The van der Waals surface area contributed by atoms with Gasteiger partial charge in [0.25, 0.3) is 0 Å². The average Bonchev–Trinajstić information content (AvgIpc) is 3.12. The van der Waals surface area contributed by atoms with E-state index < -0.39 is 0 Å². The van der Waals surface area contributed by atoms with Crippen molar-refractivity contribution in [2.45, 2.75) is 71.3 Å². The molecule has 1 amide bonds. The van der Waals surface area contributed by atoms with Gasteiger partial charge in [-0.3, -0.25) is 4.79 Å². The van der Waals surface area contributed by atoms with Gasteiger partial charge in [-0.25, -0.2) is 0 Å². The molecule has 2 fully saturated rings. The molecule has 2 rings (SSSR count). The van der Waals surface area contributed by atoms with E-state index in [9.17, 15) is 4.79 Å². The van der Waals surface area contributed by atoms with Crippen LogP contribution < -0.4 is 5.32 Å².